The Bertz CT molecular complexity index is 954. The number of aromatic nitrogens is 3. The topological polar surface area (TPSA) is 73.9 Å². The molecule has 1 aliphatic rings. The fourth-order valence-electron chi connectivity index (χ4n) is 4.21. The lowest BCUT2D eigenvalue weighted by Crippen LogP contribution is -2.40. The summed E-state index contributed by atoms with van der Waals surface area (Å²) in [6, 6.07) is 10.5. The number of aromatic amines is 1. The smallest absolute Gasteiger partial charge is 0.251 e. The second kappa shape index (κ2) is 10.8. The van der Waals surface area contributed by atoms with Crippen molar-refractivity contribution in [3.05, 3.63) is 53.9 Å². The van der Waals surface area contributed by atoms with E-state index in [1.54, 1.807) is 24.2 Å². The summed E-state index contributed by atoms with van der Waals surface area (Å²) in [5, 5.41) is 3.95. The highest BCUT2D eigenvalue weighted by molar-refractivity contribution is 7.98. The molecule has 0 saturated carbocycles. The van der Waals surface area contributed by atoms with E-state index >= 15 is 0 Å². The first kappa shape index (κ1) is 21.8. The van der Waals surface area contributed by atoms with E-state index in [0.29, 0.717) is 5.56 Å². The van der Waals surface area contributed by atoms with Crippen LogP contribution in [-0.2, 0) is 5.75 Å². The maximum atomic E-state index is 12.5. The minimum absolute atomic E-state index is 0.00896. The molecule has 1 amide bonds. The van der Waals surface area contributed by atoms with Gasteiger partial charge in [-0.15, -0.1) is 0 Å². The summed E-state index contributed by atoms with van der Waals surface area (Å²) >= 11 is 1.65. The van der Waals surface area contributed by atoms with Gasteiger partial charge in [0.15, 0.2) is 5.16 Å². The van der Waals surface area contributed by atoms with E-state index in [-0.39, 0.29) is 5.91 Å². The zero-order valence-electron chi connectivity index (χ0n) is 18.1. The Balaban J connectivity index is 1.20. The third-order valence-corrected chi connectivity index (χ3v) is 6.93. The SMILES string of the molecule is CC[C@H]1CCCCN1CCCNC(=O)c1ccc(CSc2nc3ccncc3[nH]2)cc1. The second-order valence-electron chi connectivity index (χ2n) is 8.12. The molecule has 0 unspecified atom stereocenters. The molecule has 2 N–H and O–H groups in total. The van der Waals surface area contributed by atoms with E-state index < -0.39 is 0 Å². The lowest BCUT2D eigenvalue weighted by atomic mass is 10.00. The number of benzene rings is 1. The summed E-state index contributed by atoms with van der Waals surface area (Å²) < 4.78 is 0. The van der Waals surface area contributed by atoms with Gasteiger partial charge in [0.1, 0.15) is 0 Å². The summed E-state index contributed by atoms with van der Waals surface area (Å²) in [7, 11) is 0. The van der Waals surface area contributed by atoms with Gasteiger partial charge in [0.25, 0.3) is 5.91 Å². The molecule has 1 saturated heterocycles. The molecule has 3 heterocycles. The van der Waals surface area contributed by atoms with Crippen LogP contribution in [0, 0.1) is 0 Å². The van der Waals surface area contributed by atoms with Gasteiger partial charge in [0.05, 0.1) is 17.2 Å². The van der Waals surface area contributed by atoms with Crippen molar-refractivity contribution in [2.75, 3.05) is 19.6 Å². The van der Waals surface area contributed by atoms with Crippen LogP contribution in [0.15, 0.2) is 47.9 Å². The number of thioether (sulfide) groups is 1. The maximum Gasteiger partial charge on any atom is 0.251 e. The lowest BCUT2D eigenvalue weighted by Gasteiger charge is -2.35. The fourth-order valence-corrected chi connectivity index (χ4v) is 5.05. The van der Waals surface area contributed by atoms with Gasteiger partial charge >= 0.3 is 0 Å². The Morgan fingerprint density at radius 2 is 2.13 bits per heavy atom. The van der Waals surface area contributed by atoms with Gasteiger partial charge in [-0.3, -0.25) is 9.78 Å². The molecule has 31 heavy (non-hydrogen) atoms. The Morgan fingerprint density at radius 3 is 2.94 bits per heavy atom. The normalized spacial score (nSPS) is 17.1. The minimum atomic E-state index is 0.00896. The molecule has 0 radical (unpaired) electrons. The third-order valence-electron chi connectivity index (χ3n) is 5.98. The number of fused-ring (bicyclic) bond motifs is 1. The van der Waals surface area contributed by atoms with Crippen LogP contribution in [-0.4, -0.2) is 51.4 Å². The van der Waals surface area contributed by atoms with Gasteiger partial charge in [0.2, 0.25) is 0 Å². The van der Waals surface area contributed by atoms with Crippen molar-refractivity contribution >= 4 is 28.7 Å². The Morgan fingerprint density at radius 1 is 1.26 bits per heavy atom. The number of pyridine rings is 1. The number of H-pyrrole nitrogens is 1. The quantitative estimate of drug-likeness (QED) is 0.377. The number of imidazole rings is 1. The van der Waals surface area contributed by atoms with E-state index in [9.17, 15) is 4.79 Å². The molecule has 0 spiro atoms. The highest BCUT2D eigenvalue weighted by Crippen LogP contribution is 2.23. The first-order valence-corrected chi connectivity index (χ1v) is 12.2. The van der Waals surface area contributed by atoms with Crippen LogP contribution >= 0.6 is 11.8 Å². The van der Waals surface area contributed by atoms with E-state index in [2.05, 4.69) is 32.1 Å². The molecule has 7 heteroatoms. The molecular formula is C24H31N5OS. The predicted molar refractivity (Wildman–Crippen MR) is 126 cm³/mol. The molecule has 2 aromatic heterocycles. The van der Waals surface area contributed by atoms with Crippen LogP contribution in [0.1, 0.15) is 54.9 Å². The summed E-state index contributed by atoms with van der Waals surface area (Å²) in [4.78, 5) is 27.0. The van der Waals surface area contributed by atoms with Gasteiger partial charge in [0, 0.05) is 36.6 Å². The van der Waals surface area contributed by atoms with Crippen LogP contribution < -0.4 is 5.32 Å². The van der Waals surface area contributed by atoms with Crippen LogP contribution in [0.25, 0.3) is 11.0 Å². The van der Waals surface area contributed by atoms with Gasteiger partial charge in [-0.1, -0.05) is 37.2 Å². The van der Waals surface area contributed by atoms with Crippen molar-refractivity contribution in [3.63, 3.8) is 0 Å². The Hall–Kier alpha value is -2.38. The predicted octanol–water partition coefficient (Wildman–Crippen LogP) is 4.63. The van der Waals surface area contributed by atoms with E-state index in [1.165, 1.54) is 32.2 Å². The van der Waals surface area contributed by atoms with Crippen molar-refractivity contribution in [2.24, 2.45) is 0 Å². The molecule has 1 fully saturated rings. The standard InChI is InChI=1S/C24H31N5OS/c1-2-20-6-3-4-14-29(20)15-5-12-26-23(30)19-9-7-18(8-10-19)17-31-24-27-21-11-13-25-16-22(21)28-24/h7-11,13,16,20H,2-6,12,14-15,17H2,1H3,(H,26,30)(H,27,28)/t20-/m0/s1. The highest BCUT2D eigenvalue weighted by atomic mass is 32.2. The Kier molecular flexibility index (Phi) is 7.59. The van der Waals surface area contributed by atoms with Gasteiger partial charge < -0.3 is 15.2 Å². The fraction of sp³-hybridized carbons (Fsp3) is 0.458. The molecule has 0 bridgehead atoms. The Labute approximate surface area is 188 Å². The molecule has 1 atom stereocenters. The molecule has 6 nitrogen and oxygen atoms in total. The first-order chi connectivity index (χ1) is 15.2. The monoisotopic (exact) mass is 437 g/mol. The van der Waals surface area contributed by atoms with E-state index in [4.69, 9.17) is 0 Å². The second-order valence-corrected chi connectivity index (χ2v) is 9.09. The molecule has 1 aromatic carbocycles. The van der Waals surface area contributed by atoms with Crippen LogP contribution in [0.2, 0.25) is 0 Å². The number of carbonyl (C=O) groups is 1. The number of rotatable bonds is 9. The number of carbonyl (C=O) groups excluding carboxylic acids is 1. The van der Waals surface area contributed by atoms with E-state index in [1.807, 2.05) is 30.3 Å². The van der Waals surface area contributed by atoms with Gasteiger partial charge in [-0.2, -0.15) is 0 Å². The maximum absolute atomic E-state index is 12.5. The average Bonchev–Trinajstić information content (AvgIpc) is 3.24. The number of likely N-dealkylation sites (tertiary alicyclic amines) is 1. The van der Waals surface area contributed by atoms with Crippen LogP contribution in [0.5, 0.6) is 0 Å². The average molecular weight is 438 g/mol. The number of piperidine rings is 1. The van der Waals surface area contributed by atoms with Gasteiger partial charge in [-0.25, -0.2) is 4.98 Å². The van der Waals surface area contributed by atoms with Gasteiger partial charge in [-0.05, 0) is 56.0 Å². The number of nitrogens with zero attached hydrogens (tertiary/aromatic N) is 3. The first-order valence-electron chi connectivity index (χ1n) is 11.3. The largest absolute Gasteiger partial charge is 0.352 e. The molecule has 3 aromatic rings. The molecule has 4 rings (SSSR count). The van der Waals surface area contributed by atoms with Crippen LogP contribution in [0.3, 0.4) is 0 Å². The molecule has 1 aliphatic heterocycles. The van der Waals surface area contributed by atoms with Crippen molar-refractivity contribution in [1.29, 1.82) is 0 Å². The zero-order valence-corrected chi connectivity index (χ0v) is 19.0. The van der Waals surface area contributed by atoms with Crippen molar-refractivity contribution in [3.8, 4) is 0 Å². The van der Waals surface area contributed by atoms with Crippen LogP contribution in [0.4, 0.5) is 0 Å². The van der Waals surface area contributed by atoms with E-state index in [0.717, 1.165) is 53.1 Å². The van der Waals surface area contributed by atoms with Crippen molar-refractivity contribution in [2.45, 2.75) is 56.0 Å². The summed E-state index contributed by atoms with van der Waals surface area (Å²) in [6.07, 6.45) is 9.75. The minimum Gasteiger partial charge on any atom is -0.352 e. The number of amides is 1. The van der Waals surface area contributed by atoms with Crippen molar-refractivity contribution < 1.29 is 4.79 Å². The highest BCUT2D eigenvalue weighted by Gasteiger charge is 2.19. The zero-order chi connectivity index (χ0) is 21.5. The van der Waals surface area contributed by atoms with Crippen molar-refractivity contribution in [1.82, 2.24) is 25.2 Å². The summed E-state index contributed by atoms with van der Waals surface area (Å²) in [5.74, 6) is 0.804. The molecular weight excluding hydrogens is 406 g/mol. The molecule has 0 aliphatic carbocycles. The summed E-state index contributed by atoms with van der Waals surface area (Å²) in [5.41, 5.74) is 3.75. The lowest BCUT2D eigenvalue weighted by molar-refractivity contribution is 0.0947. The number of hydrogen-bond acceptors (Lipinski definition) is 5. The third kappa shape index (κ3) is 5.86. The molecule has 164 valence electrons. The number of nitrogens with one attached hydrogen (secondary N) is 2. The summed E-state index contributed by atoms with van der Waals surface area (Å²) in [6.45, 7) is 5.29. The number of hydrogen-bond donors (Lipinski definition) is 2.